The molecule has 2 aliphatic rings. The zero-order valence-corrected chi connectivity index (χ0v) is 18.1. The Kier molecular flexibility index (Phi) is 5.94. The summed E-state index contributed by atoms with van der Waals surface area (Å²) in [4.78, 5) is 27.7. The van der Waals surface area contributed by atoms with Gasteiger partial charge in [0.2, 0.25) is 11.8 Å². The van der Waals surface area contributed by atoms with Crippen LogP contribution in [0.5, 0.6) is 0 Å². The molecule has 158 valence electrons. The van der Waals surface area contributed by atoms with Gasteiger partial charge in [0.05, 0.1) is 5.41 Å². The van der Waals surface area contributed by atoms with E-state index < -0.39 is 5.41 Å². The summed E-state index contributed by atoms with van der Waals surface area (Å²) in [5, 5.41) is 3.06. The van der Waals surface area contributed by atoms with Crippen molar-refractivity contribution < 1.29 is 9.59 Å². The van der Waals surface area contributed by atoms with Crippen LogP contribution in [0.4, 0.5) is 0 Å². The number of carbonyl (C=O) groups is 2. The lowest BCUT2D eigenvalue weighted by Crippen LogP contribution is -2.51. The fourth-order valence-electron chi connectivity index (χ4n) is 4.72. The number of benzene rings is 2. The van der Waals surface area contributed by atoms with Gasteiger partial charge in [-0.1, -0.05) is 61.5 Å². The summed E-state index contributed by atoms with van der Waals surface area (Å²) in [6, 6.07) is 18.9. The molecule has 2 amide bonds. The van der Waals surface area contributed by atoms with Crippen LogP contribution >= 0.6 is 0 Å². The first-order valence-electron chi connectivity index (χ1n) is 11.2. The Morgan fingerprint density at radius 1 is 1.00 bits per heavy atom. The van der Waals surface area contributed by atoms with Gasteiger partial charge >= 0.3 is 0 Å². The molecule has 1 N–H and O–H groups in total. The van der Waals surface area contributed by atoms with Crippen molar-refractivity contribution >= 4 is 11.8 Å². The summed E-state index contributed by atoms with van der Waals surface area (Å²) in [5.41, 5.74) is 3.13. The quantitative estimate of drug-likeness (QED) is 0.780. The van der Waals surface area contributed by atoms with Gasteiger partial charge < -0.3 is 10.2 Å². The monoisotopic (exact) mass is 404 g/mol. The molecule has 2 aromatic carbocycles. The Morgan fingerprint density at radius 2 is 1.60 bits per heavy atom. The lowest BCUT2D eigenvalue weighted by molar-refractivity contribution is -0.141. The van der Waals surface area contributed by atoms with E-state index in [4.69, 9.17) is 0 Å². The summed E-state index contributed by atoms with van der Waals surface area (Å²) >= 11 is 0. The molecular weight excluding hydrogens is 372 g/mol. The van der Waals surface area contributed by atoms with Crippen LogP contribution in [0.3, 0.4) is 0 Å². The van der Waals surface area contributed by atoms with E-state index in [-0.39, 0.29) is 11.8 Å². The fourth-order valence-corrected chi connectivity index (χ4v) is 4.72. The molecule has 4 nitrogen and oxygen atoms in total. The number of piperidine rings is 1. The third-order valence-electron chi connectivity index (χ3n) is 6.88. The van der Waals surface area contributed by atoms with Crippen LogP contribution in [0.15, 0.2) is 54.6 Å². The number of amides is 2. The number of likely N-dealkylation sites (tertiary alicyclic amines) is 1. The molecule has 0 radical (unpaired) electrons. The van der Waals surface area contributed by atoms with Crippen LogP contribution in [-0.2, 0) is 16.0 Å². The summed E-state index contributed by atoms with van der Waals surface area (Å²) in [6.45, 7) is 6.11. The lowest BCUT2D eigenvalue weighted by atomic mass is 9.72. The highest BCUT2D eigenvalue weighted by Gasteiger charge is 2.46. The SMILES string of the molecule is CCNC(=O)C1(Cc2ccc(-c3ccccc3)cc2)CCN(C(=O)C2CC2C)CC1. The fraction of sp³-hybridized carbons (Fsp3) is 0.462. The van der Waals surface area contributed by atoms with E-state index in [0.29, 0.717) is 31.5 Å². The Morgan fingerprint density at radius 3 is 2.17 bits per heavy atom. The standard InChI is InChI=1S/C26H32N2O2/c1-3-27-25(30)26(13-15-28(16-14-26)24(29)23-17-19(23)2)18-20-9-11-22(12-10-20)21-7-5-4-6-8-21/h4-12,19,23H,3,13-18H2,1-2H3,(H,27,30). The lowest BCUT2D eigenvalue weighted by Gasteiger charge is -2.41. The predicted molar refractivity (Wildman–Crippen MR) is 120 cm³/mol. The van der Waals surface area contributed by atoms with Crippen molar-refractivity contribution in [3.05, 3.63) is 60.2 Å². The molecule has 4 rings (SSSR count). The van der Waals surface area contributed by atoms with Crippen molar-refractivity contribution in [1.29, 1.82) is 0 Å². The third-order valence-corrected chi connectivity index (χ3v) is 6.88. The van der Waals surface area contributed by atoms with Gasteiger partial charge in [-0.15, -0.1) is 0 Å². The van der Waals surface area contributed by atoms with E-state index in [0.717, 1.165) is 25.7 Å². The molecule has 4 heteroatoms. The number of nitrogens with one attached hydrogen (secondary N) is 1. The smallest absolute Gasteiger partial charge is 0.226 e. The van der Waals surface area contributed by atoms with Gasteiger partial charge in [-0.25, -0.2) is 0 Å². The van der Waals surface area contributed by atoms with Crippen LogP contribution in [-0.4, -0.2) is 36.3 Å². The highest BCUT2D eigenvalue weighted by Crippen LogP contribution is 2.42. The predicted octanol–water partition coefficient (Wildman–Crippen LogP) is 4.30. The molecule has 2 unspecified atom stereocenters. The number of hydrogen-bond donors (Lipinski definition) is 1. The van der Waals surface area contributed by atoms with Crippen LogP contribution in [0.2, 0.25) is 0 Å². The first-order valence-corrected chi connectivity index (χ1v) is 11.2. The Bertz CT molecular complexity index is 883. The molecular formula is C26H32N2O2. The first kappa shape index (κ1) is 20.6. The maximum atomic E-state index is 13.1. The largest absolute Gasteiger partial charge is 0.356 e. The van der Waals surface area contributed by atoms with Gasteiger partial charge in [-0.05, 0) is 55.2 Å². The average Bonchev–Trinajstić information content (AvgIpc) is 3.51. The van der Waals surface area contributed by atoms with E-state index in [2.05, 4.69) is 48.6 Å². The van der Waals surface area contributed by atoms with E-state index >= 15 is 0 Å². The van der Waals surface area contributed by atoms with Crippen molar-refractivity contribution in [1.82, 2.24) is 10.2 Å². The average molecular weight is 405 g/mol. The minimum absolute atomic E-state index is 0.129. The zero-order chi connectivity index (χ0) is 21.1. The van der Waals surface area contributed by atoms with Crippen molar-refractivity contribution in [3.63, 3.8) is 0 Å². The van der Waals surface area contributed by atoms with Gasteiger partial charge in [-0.2, -0.15) is 0 Å². The highest BCUT2D eigenvalue weighted by molar-refractivity contribution is 5.85. The van der Waals surface area contributed by atoms with Gasteiger partial charge in [0.15, 0.2) is 0 Å². The van der Waals surface area contributed by atoms with Crippen molar-refractivity contribution in [2.45, 2.75) is 39.5 Å². The summed E-state index contributed by atoms with van der Waals surface area (Å²) in [6.07, 6.45) is 3.19. The van der Waals surface area contributed by atoms with Crippen LogP contribution in [0, 0.1) is 17.3 Å². The minimum Gasteiger partial charge on any atom is -0.356 e. The Balaban J connectivity index is 1.48. The number of hydrogen-bond acceptors (Lipinski definition) is 2. The molecule has 2 atom stereocenters. The molecule has 1 aliphatic carbocycles. The maximum absolute atomic E-state index is 13.1. The molecule has 2 aromatic rings. The molecule has 1 saturated carbocycles. The van der Waals surface area contributed by atoms with E-state index in [9.17, 15) is 9.59 Å². The first-order chi connectivity index (χ1) is 14.5. The topological polar surface area (TPSA) is 49.4 Å². The van der Waals surface area contributed by atoms with Crippen molar-refractivity contribution in [2.75, 3.05) is 19.6 Å². The molecule has 1 aliphatic heterocycles. The molecule has 30 heavy (non-hydrogen) atoms. The molecule has 0 aromatic heterocycles. The van der Waals surface area contributed by atoms with Crippen molar-refractivity contribution in [3.8, 4) is 11.1 Å². The zero-order valence-electron chi connectivity index (χ0n) is 18.1. The molecule has 0 spiro atoms. The van der Waals surface area contributed by atoms with Gasteiger partial charge in [0.1, 0.15) is 0 Å². The van der Waals surface area contributed by atoms with Crippen LogP contribution < -0.4 is 5.32 Å². The summed E-state index contributed by atoms with van der Waals surface area (Å²) in [7, 11) is 0. The van der Waals surface area contributed by atoms with Gasteiger partial charge in [0.25, 0.3) is 0 Å². The number of nitrogens with zero attached hydrogens (tertiary/aromatic N) is 1. The second kappa shape index (κ2) is 8.63. The minimum atomic E-state index is -0.434. The van der Waals surface area contributed by atoms with E-state index in [1.807, 2.05) is 30.0 Å². The highest BCUT2D eigenvalue weighted by atomic mass is 16.2. The summed E-state index contributed by atoms with van der Waals surface area (Å²) < 4.78 is 0. The van der Waals surface area contributed by atoms with Gasteiger partial charge in [-0.3, -0.25) is 9.59 Å². The molecule has 0 bridgehead atoms. The summed E-state index contributed by atoms with van der Waals surface area (Å²) in [5.74, 6) is 1.16. The molecule has 1 saturated heterocycles. The molecule has 1 heterocycles. The van der Waals surface area contributed by atoms with E-state index in [1.54, 1.807) is 0 Å². The Hall–Kier alpha value is -2.62. The Labute approximate surface area is 179 Å². The maximum Gasteiger partial charge on any atom is 0.226 e. The van der Waals surface area contributed by atoms with Crippen LogP contribution in [0.25, 0.3) is 11.1 Å². The number of rotatable bonds is 6. The normalized spacial score (nSPS) is 22.4. The van der Waals surface area contributed by atoms with Crippen molar-refractivity contribution in [2.24, 2.45) is 17.3 Å². The molecule has 2 fully saturated rings. The second-order valence-corrected chi connectivity index (χ2v) is 9.02. The third kappa shape index (κ3) is 4.28. The second-order valence-electron chi connectivity index (χ2n) is 9.02. The van der Waals surface area contributed by atoms with E-state index in [1.165, 1.54) is 16.7 Å². The van der Waals surface area contributed by atoms with Crippen LogP contribution in [0.1, 0.15) is 38.7 Å². The number of carbonyl (C=O) groups excluding carboxylic acids is 2. The van der Waals surface area contributed by atoms with Gasteiger partial charge in [0, 0.05) is 25.6 Å².